The molecule has 0 spiro atoms. The Kier molecular flexibility index (Phi) is 6.38. The number of ether oxygens (including phenoxy) is 2. The number of likely N-dealkylation sites (tertiary alicyclic amines) is 1. The summed E-state index contributed by atoms with van der Waals surface area (Å²) in [6.07, 6.45) is 3.58. The zero-order chi connectivity index (χ0) is 22.8. The van der Waals surface area contributed by atoms with Gasteiger partial charge in [0, 0.05) is 38.8 Å². The predicted octanol–water partition coefficient (Wildman–Crippen LogP) is 4.69. The number of fused-ring (bicyclic) bond motifs is 1. The van der Waals surface area contributed by atoms with Crippen LogP contribution < -0.4 is 9.47 Å². The van der Waals surface area contributed by atoms with Crippen LogP contribution in [0.2, 0.25) is 0 Å². The van der Waals surface area contributed by atoms with Gasteiger partial charge >= 0.3 is 0 Å². The molecule has 2 aliphatic heterocycles. The molecule has 2 aliphatic rings. The number of aryl methyl sites for hydroxylation is 1. The lowest BCUT2D eigenvalue weighted by atomic mass is 9.95. The fourth-order valence-electron chi connectivity index (χ4n) is 5.15. The molecule has 0 saturated carbocycles. The van der Waals surface area contributed by atoms with Crippen molar-refractivity contribution in [3.8, 4) is 23.0 Å². The van der Waals surface area contributed by atoms with Gasteiger partial charge in [-0.25, -0.2) is 4.98 Å². The number of oxazole rings is 1. The van der Waals surface area contributed by atoms with Crippen molar-refractivity contribution in [3.63, 3.8) is 0 Å². The molecular weight excluding hydrogens is 414 g/mol. The van der Waals surface area contributed by atoms with E-state index in [1.165, 1.54) is 36.9 Å². The Morgan fingerprint density at radius 3 is 2.55 bits per heavy atom. The molecule has 174 valence electrons. The van der Waals surface area contributed by atoms with E-state index in [0.717, 1.165) is 54.7 Å². The molecule has 0 aliphatic carbocycles. The van der Waals surface area contributed by atoms with E-state index in [1.54, 1.807) is 14.2 Å². The van der Waals surface area contributed by atoms with Crippen molar-refractivity contribution in [1.29, 1.82) is 0 Å². The molecule has 0 radical (unpaired) electrons. The number of nitrogens with zero attached hydrogens (tertiary/aromatic N) is 3. The van der Waals surface area contributed by atoms with Gasteiger partial charge in [0.2, 0.25) is 5.89 Å². The minimum Gasteiger partial charge on any atom is -0.497 e. The standard InChI is InChI=1S/C27H33N3O3/c1-19-25(28-27(33-19)24-16-23(31-2)8-9-26(24)32-3)18-29-13-11-22(12-14-29)30-15-10-20-6-4-5-7-21(20)17-30/h4-9,16,22H,10-15,17-18H2,1-3H3. The van der Waals surface area contributed by atoms with Crippen LogP contribution in [0.5, 0.6) is 11.5 Å². The van der Waals surface area contributed by atoms with Gasteiger partial charge in [-0.3, -0.25) is 9.80 Å². The quantitative estimate of drug-likeness (QED) is 0.546. The molecule has 0 amide bonds. The van der Waals surface area contributed by atoms with E-state index in [-0.39, 0.29) is 0 Å². The maximum atomic E-state index is 6.05. The van der Waals surface area contributed by atoms with Crippen molar-refractivity contribution in [1.82, 2.24) is 14.8 Å². The van der Waals surface area contributed by atoms with Gasteiger partial charge in [0.25, 0.3) is 0 Å². The Labute approximate surface area is 196 Å². The molecule has 6 nitrogen and oxygen atoms in total. The van der Waals surface area contributed by atoms with Crippen molar-refractivity contribution in [2.75, 3.05) is 33.9 Å². The minimum atomic E-state index is 0.583. The zero-order valence-electron chi connectivity index (χ0n) is 19.8. The van der Waals surface area contributed by atoms with Gasteiger partial charge in [-0.15, -0.1) is 0 Å². The predicted molar refractivity (Wildman–Crippen MR) is 129 cm³/mol. The second-order valence-corrected chi connectivity index (χ2v) is 9.08. The Hall–Kier alpha value is -2.83. The summed E-state index contributed by atoms with van der Waals surface area (Å²) in [5, 5.41) is 0. The first-order valence-electron chi connectivity index (χ1n) is 11.9. The largest absolute Gasteiger partial charge is 0.497 e. The van der Waals surface area contributed by atoms with Gasteiger partial charge < -0.3 is 13.9 Å². The molecule has 6 heteroatoms. The van der Waals surface area contributed by atoms with E-state index in [9.17, 15) is 0 Å². The van der Waals surface area contributed by atoms with Gasteiger partial charge in [-0.05, 0) is 55.5 Å². The lowest BCUT2D eigenvalue weighted by molar-refractivity contribution is 0.0942. The third kappa shape index (κ3) is 4.63. The normalized spacial score (nSPS) is 17.7. The molecule has 5 rings (SSSR count). The van der Waals surface area contributed by atoms with Crippen LogP contribution in [-0.2, 0) is 19.5 Å². The van der Waals surface area contributed by atoms with Crippen LogP contribution in [0.25, 0.3) is 11.5 Å². The Morgan fingerprint density at radius 1 is 1.00 bits per heavy atom. The van der Waals surface area contributed by atoms with Crippen molar-refractivity contribution >= 4 is 0 Å². The molecule has 2 aromatic carbocycles. The van der Waals surface area contributed by atoms with Crippen LogP contribution in [-0.4, -0.2) is 54.7 Å². The van der Waals surface area contributed by atoms with Gasteiger partial charge in [0.1, 0.15) is 17.3 Å². The van der Waals surface area contributed by atoms with Crippen LogP contribution in [0.3, 0.4) is 0 Å². The molecule has 0 N–H and O–H groups in total. The van der Waals surface area contributed by atoms with E-state index in [0.29, 0.717) is 11.9 Å². The van der Waals surface area contributed by atoms with Gasteiger partial charge in [-0.1, -0.05) is 24.3 Å². The first-order chi connectivity index (χ1) is 16.1. The topological polar surface area (TPSA) is 51.0 Å². The van der Waals surface area contributed by atoms with E-state index in [1.807, 2.05) is 25.1 Å². The van der Waals surface area contributed by atoms with Gasteiger partial charge in [0.05, 0.1) is 25.5 Å². The number of hydrogen-bond acceptors (Lipinski definition) is 6. The zero-order valence-corrected chi connectivity index (χ0v) is 19.8. The average molecular weight is 448 g/mol. The molecule has 0 unspecified atom stereocenters. The monoisotopic (exact) mass is 447 g/mol. The first kappa shape index (κ1) is 22.0. The summed E-state index contributed by atoms with van der Waals surface area (Å²) in [6, 6.07) is 15.3. The Bertz CT molecular complexity index is 1100. The summed E-state index contributed by atoms with van der Waals surface area (Å²) in [4.78, 5) is 10.0. The highest BCUT2D eigenvalue weighted by atomic mass is 16.5. The second-order valence-electron chi connectivity index (χ2n) is 9.08. The molecule has 3 heterocycles. The lowest BCUT2D eigenvalue weighted by Gasteiger charge is -2.40. The molecule has 33 heavy (non-hydrogen) atoms. The summed E-state index contributed by atoms with van der Waals surface area (Å²) in [5.41, 5.74) is 4.84. The highest BCUT2D eigenvalue weighted by Crippen LogP contribution is 2.34. The van der Waals surface area contributed by atoms with Gasteiger partial charge in [-0.2, -0.15) is 0 Å². The number of hydrogen-bond donors (Lipinski definition) is 0. The minimum absolute atomic E-state index is 0.583. The van der Waals surface area contributed by atoms with Crippen LogP contribution in [0, 0.1) is 6.92 Å². The van der Waals surface area contributed by atoms with Crippen molar-refractivity contribution < 1.29 is 13.9 Å². The van der Waals surface area contributed by atoms with E-state index in [4.69, 9.17) is 18.9 Å². The van der Waals surface area contributed by atoms with Crippen molar-refractivity contribution in [3.05, 3.63) is 65.0 Å². The summed E-state index contributed by atoms with van der Waals surface area (Å²) in [7, 11) is 3.32. The maximum absolute atomic E-state index is 6.05. The highest BCUT2D eigenvalue weighted by Gasteiger charge is 2.28. The number of aromatic nitrogens is 1. The van der Waals surface area contributed by atoms with Crippen LogP contribution in [0.15, 0.2) is 46.9 Å². The third-order valence-corrected chi connectivity index (χ3v) is 7.14. The smallest absolute Gasteiger partial charge is 0.230 e. The first-order valence-corrected chi connectivity index (χ1v) is 11.9. The van der Waals surface area contributed by atoms with E-state index >= 15 is 0 Å². The Balaban J connectivity index is 1.22. The maximum Gasteiger partial charge on any atom is 0.230 e. The van der Waals surface area contributed by atoms with Crippen LogP contribution in [0.1, 0.15) is 35.4 Å². The van der Waals surface area contributed by atoms with Crippen molar-refractivity contribution in [2.45, 2.75) is 45.3 Å². The molecule has 0 atom stereocenters. The average Bonchev–Trinajstić information content (AvgIpc) is 3.23. The summed E-state index contributed by atoms with van der Waals surface area (Å²) >= 11 is 0. The number of piperidine rings is 1. The van der Waals surface area contributed by atoms with Gasteiger partial charge in [0.15, 0.2) is 0 Å². The summed E-state index contributed by atoms with van der Waals surface area (Å²) < 4.78 is 16.9. The molecule has 0 bridgehead atoms. The van der Waals surface area contributed by atoms with Crippen LogP contribution >= 0.6 is 0 Å². The van der Waals surface area contributed by atoms with E-state index in [2.05, 4.69) is 34.1 Å². The number of rotatable bonds is 6. The second kappa shape index (κ2) is 9.57. The molecule has 1 saturated heterocycles. The fourth-order valence-corrected chi connectivity index (χ4v) is 5.15. The molecule has 1 aromatic heterocycles. The van der Waals surface area contributed by atoms with E-state index < -0.39 is 0 Å². The fraction of sp³-hybridized carbons (Fsp3) is 0.444. The molecular formula is C27H33N3O3. The number of benzene rings is 2. The Morgan fingerprint density at radius 2 is 1.79 bits per heavy atom. The summed E-state index contributed by atoms with van der Waals surface area (Å²) in [5.74, 6) is 2.93. The third-order valence-electron chi connectivity index (χ3n) is 7.14. The molecule has 1 fully saturated rings. The molecule has 3 aromatic rings. The number of methoxy groups -OCH3 is 2. The van der Waals surface area contributed by atoms with Crippen LogP contribution in [0.4, 0.5) is 0 Å². The SMILES string of the molecule is COc1ccc(OC)c(-c2nc(CN3CCC(N4CCc5ccccc5C4)CC3)c(C)o2)c1. The summed E-state index contributed by atoms with van der Waals surface area (Å²) in [6.45, 7) is 7.26. The lowest BCUT2D eigenvalue weighted by Crippen LogP contribution is -2.46. The van der Waals surface area contributed by atoms with Crippen molar-refractivity contribution in [2.24, 2.45) is 0 Å². The highest BCUT2D eigenvalue weighted by molar-refractivity contribution is 5.65.